The number of rotatable bonds is 16. The van der Waals surface area contributed by atoms with Gasteiger partial charge in [0, 0.05) is 16.4 Å². The smallest absolute Gasteiger partial charge is 0.343 e. The summed E-state index contributed by atoms with van der Waals surface area (Å²) in [5, 5.41) is 0. The quantitative estimate of drug-likeness (QED) is 0.0445. The summed E-state index contributed by atoms with van der Waals surface area (Å²) < 4.78 is 18.1. The molecule has 0 spiro atoms. The van der Waals surface area contributed by atoms with Gasteiger partial charge in [0.05, 0.1) is 5.56 Å². The van der Waals surface area contributed by atoms with Crippen molar-refractivity contribution in [2.75, 3.05) is 0 Å². The molecule has 0 heterocycles. The third-order valence-corrected chi connectivity index (χ3v) is 10.2. The third kappa shape index (κ3) is 8.82. The van der Waals surface area contributed by atoms with Crippen molar-refractivity contribution in [2.24, 2.45) is 5.41 Å². The summed E-state index contributed by atoms with van der Waals surface area (Å²) in [6.45, 7) is 14.8. The fraction of sp³-hybridized carbons (Fsp3) is 0.319. The van der Waals surface area contributed by atoms with Gasteiger partial charge in [-0.25, -0.2) is 4.79 Å². The lowest BCUT2D eigenvalue weighted by molar-refractivity contribution is 0.0733. The molecule has 0 saturated carbocycles. The Morgan fingerprint density at radius 1 is 0.519 bits per heavy atom. The van der Waals surface area contributed by atoms with Crippen LogP contribution >= 0.6 is 0 Å². The van der Waals surface area contributed by atoms with E-state index in [1.165, 1.54) is 0 Å². The lowest BCUT2D eigenvalue weighted by Crippen LogP contribution is -2.28. The van der Waals surface area contributed by atoms with Gasteiger partial charge in [-0.05, 0) is 130 Å². The summed E-state index contributed by atoms with van der Waals surface area (Å²) in [5.41, 5.74) is 3.39. The van der Waals surface area contributed by atoms with E-state index in [2.05, 4.69) is 90.1 Å². The van der Waals surface area contributed by atoms with Crippen molar-refractivity contribution in [1.29, 1.82) is 0 Å². The maximum Gasteiger partial charge on any atom is 0.343 e. The molecule has 52 heavy (non-hydrogen) atoms. The van der Waals surface area contributed by atoms with Crippen molar-refractivity contribution in [1.82, 2.24) is 0 Å². The number of ketones is 1. The van der Waals surface area contributed by atoms with Crippen LogP contribution in [0.25, 0.3) is 0 Å². The minimum atomic E-state index is -0.460. The van der Waals surface area contributed by atoms with Crippen LogP contribution in [0.2, 0.25) is 0 Å². The topological polar surface area (TPSA) is 61.8 Å². The van der Waals surface area contributed by atoms with Crippen molar-refractivity contribution < 1.29 is 23.8 Å². The number of esters is 1. The first-order chi connectivity index (χ1) is 24.9. The molecule has 5 heteroatoms. The summed E-state index contributed by atoms with van der Waals surface area (Å²) >= 11 is 0. The molecule has 270 valence electrons. The van der Waals surface area contributed by atoms with Gasteiger partial charge in [0.25, 0.3) is 0 Å². The van der Waals surface area contributed by atoms with Crippen LogP contribution in [0.3, 0.4) is 0 Å². The molecule has 0 amide bonds. The van der Waals surface area contributed by atoms with Crippen molar-refractivity contribution in [3.8, 4) is 23.0 Å². The molecule has 0 saturated heterocycles. The molecule has 0 radical (unpaired) electrons. The molecule has 5 aromatic carbocycles. The Bertz CT molecular complexity index is 1910. The molecule has 5 aromatic rings. The van der Waals surface area contributed by atoms with Gasteiger partial charge in [-0.3, -0.25) is 4.79 Å². The van der Waals surface area contributed by atoms with E-state index < -0.39 is 11.4 Å². The fourth-order valence-corrected chi connectivity index (χ4v) is 6.94. The molecular formula is C47H52O5. The predicted octanol–water partition coefficient (Wildman–Crippen LogP) is 12.4. The van der Waals surface area contributed by atoms with Crippen molar-refractivity contribution in [3.63, 3.8) is 0 Å². The number of carbonyl (C=O) groups is 2. The first-order valence-corrected chi connectivity index (χ1v) is 18.5. The third-order valence-electron chi connectivity index (χ3n) is 10.2. The Kier molecular flexibility index (Phi) is 12.1. The summed E-state index contributed by atoms with van der Waals surface area (Å²) in [5.74, 6) is 2.20. The Hall–Kier alpha value is -5.16. The maximum absolute atomic E-state index is 13.1. The standard InChI is InChI=1S/C47H52O5/c1-8-32-45(4,5)52-42-30-22-38(23-31-42)47(7,36-14-12-11-13-15-36)37-20-28-41(29-21-37)51-44(49)35-18-26-40(27-19-35)50-39-24-16-34(17-25-39)43(48)46(6,10-3)33-9-2/h11-31H,8-10,32-33H2,1-7H3. The number of Topliss-reactive ketones (excluding diaryl/α,β-unsaturated/α-hetero) is 1. The maximum atomic E-state index is 13.1. The van der Waals surface area contributed by atoms with Gasteiger partial charge >= 0.3 is 5.97 Å². The summed E-state index contributed by atoms with van der Waals surface area (Å²) in [6, 6.07) is 40.6. The van der Waals surface area contributed by atoms with Crippen LogP contribution in [0.15, 0.2) is 127 Å². The van der Waals surface area contributed by atoms with Crippen LogP contribution < -0.4 is 14.2 Å². The van der Waals surface area contributed by atoms with Crippen LogP contribution in [-0.4, -0.2) is 17.4 Å². The average molecular weight is 697 g/mol. The van der Waals surface area contributed by atoms with Gasteiger partial charge in [0.1, 0.15) is 28.6 Å². The molecule has 2 atom stereocenters. The van der Waals surface area contributed by atoms with E-state index in [9.17, 15) is 9.59 Å². The van der Waals surface area contributed by atoms with Crippen molar-refractivity contribution in [2.45, 2.75) is 91.6 Å². The molecule has 0 N–H and O–H groups in total. The zero-order valence-corrected chi connectivity index (χ0v) is 31.7. The van der Waals surface area contributed by atoms with Gasteiger partial charge in [0.2, 0.25) is 0 Å². The number of carbonyl (C=O) groups excluding carboxylic acids is 2. The Morgan fingerprint density at radius 2 is 0.981 bits per heavy atom. The second-order valence-corrected chi connectivity index (χ2v) is 14.7. The van der Waals surface area contributed by atoms with Crippen LogP contribution in [0.4, 0.5) is 0 Å². The normalized spacial score (nSPS) is 13.8. The highest BCUT2D eigenvalue weighted by molar-refractivity contribution is 6.00. The van der Waals surface area contributed by atoms with E-state index in [4.69, 9.17) is 14.2 Å². The SMILES string of the molecule is CCCC(C)(C)Oc1ccc(C(C)(c2ccccc2)c2ccc(OC(=O)c3ccc(Oc4ccc(C(=O)C(C)(CC)CCC)cc4)cc3)cc2)cc1. The van der Waals surface area contributed by atoms with E-state index >= 15 is 0 Å². The molecule has 0 bridgehead atoms. The van der Waals surface area contributed by atoms with Gasteiger partial charge < -0.3 is 14.2 Å². The monoisotopic (exact) mass is 696 g/mol. The number of hydrogen-bond acceptors (Lipinski definition) is 5. The predicted molar refractivity (Wildman–Crippen MR) is 210 cm³/mol. The fourth-order valence-electron chi connectivity index (χ4n) is 6.94. The lowest BCUT2D eigenvalue weighted by atomic mass is 9.71. The van der Waals surface area contributed by atoms with Gasteiger partial charge in [-0.1, -0.05) is 95.1 Å². The zero-order chi connectivity index (χ0) is 37.4. The van der Waals surface area contributed by atoms with Crippen molar-refractivity contribution in [3.05, 3.63) is 155 Å². The highest BCUT2D eigenvalue weighted by Gasteiger charge is 2.32. The Labute approximate surface area is 310 Å². The summed E-state index contributed by atoms with van der Waals surface area (Å²) in [4.78, 5) is 26.3. The average Bonchev–Trinajstić information content (AvgIpc) is 3.15. The van der Waals surface area contributed by atoms with Crippen molar-refractivity contribution >= 4 is 11.8 Å². The van der Waals surface area contributed by atoms with E-state index in [1.54, 1.807) is 24.3 Å². The number of hydrogen-bond donors (Lipinski definition) is 0. The lowest BCUT2D eigenvalue weighted by Gasteiger charge is -2.32. The van der Waals surface area contributed by atoms with E-state index in [0.29, 0.717) is 28.4 Å². The van der Waals surface area contributed by atoms with Crippen LogP contribution in [-0.2, 0) is 5.41 Å². The minimum Gasteiger partial charge on any atom is -0.488 e. The first-order valence-electron chi connectivity index (χ1n) is 18.5. The molecule has 0 aliphatic heterocycles. The van der Waals surface area contributed by atoms with Crippen LogP contribution in [0.1, 0.15) is 118 Å². The summed E-state index contributed by atoms with van der Waals surface area (Å²) in [6.07, 6.45) is 4.66. The second-order valence-electron chi connectivity index (χ2n) is 14.7. The van der Waals surface area contributed by atoms with Gasteiger partial charge in [0.15, 0.2) is 5.78 Å². The number of benzene rings is 5. The van der Waals surface area contributed by atoms with Gasteiger partial charge in [-0.15, -0.1) is 0 Å². The molecule has 2 unspecified atom stereocenters. The molecule has 0 aromatic heterocycles. The molecule has 5 rings (SSSR count). The number of ether oxygens (including phenoxy) is 3. The van der Waals surface area contributed by atoms with Crippen LogP contribution in [0, 0.1) is 5.41 Å². The summed E-state index contributed by atoms with van der Waals surface area (Å²) in [7, 11) is 0. The molecule has 0 fully saturated rings. The first kappa shape index (κ1) is 38.1. The van der Waals surface area contributed by atoms with Crippen LogP contribution in [0.5, 0.6) is 23.0 Å². The highest BCUT2D eigenvalue weighted by atomic mass is 16.5. The molecule has 5 nitrogen and oxygen atoms in total. The van der Waals surface area contributed by atoms with Gasteiger partial charge in [-0.2, -0.15) is 0 Å². The molecule has 0 aliphatic carbocycles. The zero-order valence-electron chi connectivity index (χ0n) is 31.7. The van der Waals surface area contributed by atoms with E-state index in [0.717, 1.165) is 54.5 Å². The molecular weight excluding hydrogens is 645 g/mol. The highest BCUT2D eigenvalue weighted by Crippen LogP contribution is 2.40. The minimum absolute atomic E-state index is 0.161. The Balaban J connectivity index is 1.26. The Morgan fingerprint density at radius 3 is 1.48 bits per heavy atom. The van der Waals surface area contributed by atoms with E-state index in [1.807, 2.05) is 61.5 Å². The second kappa shape index (κ2) is 16.5. The van der Waals surface area contributed by atoms with E-state index in [-0.39, 0.29) is 16.8 Å². The largest absolute Gasteiger partial charge is 0.488 e. The molecule has 0 aliphatic rings.